The number of carbonyl (C=O) groups excluding carboxylic acids is 1. The Morgan fingerprint density at radius 3 is 2.94 bits per heavy atom. The minimum Gasteiger partial charge on any atom is -0.492 e. The standard InChI is InChI=1S/C12H12FNO3S/c1-6-8(13)5-9(14-7(2)15)11-10(18-16)3-4-17-12(6)11/h5,10H,3-4H2,1-2H3/p+1. The summed E-state index contributed by atoms with van der Waals surface area (Å²) in [6.45, 7) is 3.33. The number of amides is 1. The van der Waals surface area contributed by atoms with E-state index in [0.29, 0.717) is 47.3 Å². The van der Waals surface area contributed by atoms with Crippen LogP contribution in [0.25, 0.3) is 0 Å². The molecule has 2 rings (SSSR count). The highest BCUT2D eigenvalue weighted by atomic mass is 32.1. The van der Waals surface area contributed by atoms with Crippen molar-refractivity contribution < 1.29 is 18.1 Å². The molecule has 1 unspecified atom stereocenters. The van der Waals surface area contributed by atoms with E-state index in [1.807, 2.05) is 0 Å². The van der Waals surface area contributed by atoms with Gasteiger partial charge in [-0.25, -0.2) is 4.39 Å². The molecule has 6 heteroatoms. The number of rotatable bonds is 2. The minimum absolute atomic E-state index is 0.305. The molecule has 4 nitrogen and oxygen atoms in total. The Morgan fingerprint density at radius 1 is 1.61 bits per heavy atom. The summed E-state index contributed by atoms with van der Waals surface area (Å²) in [6, 6.07) is 1.24. The highest BCUT2D eigenvalue weighted by Crippen LogP contribution is 2.42. The summed E-state index contributed by atoms with van der Waals surface area (Å²) in [6.07, 6.45) is 0.554. The molecule has 0 spiro atoms. The lowest BCUT2D eigenvalue weighted by Crippen LogP contribution is -2.19. The number of ether oxygens (including phenoxy) is 1. The summed E-state index contributed by atoms with van der Waals surface area (Å²) in [5.41, 5.74) is 1.29. The Hall–Kier alpha value is -1.56. The number of benzene rings is 1. The lowest BCUT2D eigenvalue weighted by molar-refractivity contribution is -0.114. The predicted molar refractivity (Wildman–Crippen MR) is 66.3 cm³/mol. The second kappa shape index (κ2) is 4.97. The van der Waals surface area contributed by atoms with Crippen molar-refractivity contribution in [3.8, 4) is 5.75 Å². The van der Waals surface area contributed by atoms with E-state index in [1.54, 1.807) is 6.92 Å². The zero-order chi connectivity index (χ0) is 13.3. The Morgan fingerprint density at radius 2 is 2.33 bits per heavy atom. The van der Waals surface area contributed by atoms with E-state index in [4.69, 9.17) is 4.74 Å². The maximum Gasteiger partial charge on any atom is 0.467 e. The topological polar surface area (TPSA) is 55.4 Å². The molecular formula is C12H13FNO3S+. The van der Waals surface area contributed by atoms with Crippen molar-refractivity contribution in [3.05, 3.63) is 23.0 Å². The summed E-state index contributed by atoms with van der Waals surface area (Å²) in [5, 5.41) is 2.23. The molecule has 1 amide bonds. The van der Waals surface area contributed by atoms with Crippen LogP contribution in [0.2, 0.25) is 0 Å². The molecule has 96 valence electrons. The molecule has 1 aromatic rings. The summed E-state index contributed by atoms with van der Waals surface area (Å²) in [4.78, 5) is 11.1. The normalized spacial score (nSPS) is 17.6. The largest absolute Gasteiger partial charge is 0.492 e. The van der Waals surface area contributed by atoms with Gasteiger partial charge >= 0.3 is 11.7 Å². The molecule has 1 atom stereocenters. The van der Waals surface area contributed by atoms with Crippen LogP contribution in [0.1, 0.15) is 29.7 Å². The zero-order valence-corrected chi connectivity index (χ0v) is 10.9. The van der Waals surface area contributed by atoms with Crippen LogP contribution in [0, 0.1) is 12.7 Å². The van der Waals surface area contributed by atoms with E-state index in [0.717, 1.165) is 0 Å². The van der Waals surface area contributed by atoms with Crippen molar-refractivity contribution >= 4 is 23.3 Å². The quantitative estimate of drug-likeness (QED) is 0.839. The molecule has 0 bridgehead atoms. The van der Waals surface area contributed by atoms with Crippen LogP contribution >= 0.6 is 0 Å². The van der Waals surface area contributed by atoms with E-state index < -0.39 is 5.82 Å². The van der Waals surface area contributed by atoms with E-state index in [-0.39, 0.29) is 11.2 Å². The molecule has 0 aliphatic carbocycles. The summed E-state index contributed by atoms with van der Waals surface area (Å²) in [7, 11) is 0. The minimum atomic E-state index is -0.450. The van der Waals surface area contributed by atoms with E-state index in [9.17, 15) is 13.4 Å². The highest BCUT2D eigenvalue weighted by Gasteiger charge is 2.36. The second-order valence-electron chi connectivity index (χ2n) is 4.18. The third-order valence-corrected chi connectivity index (χ3v) is 3.58. The molecule has 0 fully saturated rings. The Kier molecular flexibility index (Phi) is 3.56. The third-order valence-electron chi connectivity index (χ3n) is 2.88. The molecule has 0 aromatic heterocycles. The average molecular weight is 270 g/mol. The van der Waals surface area contributed by atoms with E-state index in [2.05, 4.69) is 5.32 Å². The van der Waals surface area contributed by atoms with Gasteiger partial charge in [-0.15, -0.1) is 0 Å². The van der Waals surface area contributed by atoms with Crippen LogP contribution < -0.4 is 10.1 Å². The Bertz CT molecular complexity index is 519. The van der Waals surface area contributed by atoms with Crippen molar-refractivity contribution in [2.75, 3.05) is 11.9 Å². The fraction of sp³-hybridized carbons (Fsp3) is 0.417. The fourth-order valence-electron chi connectivity index (χ4n) is 2.05. The van der Waals surface area contributed by atoms with Gasteiger partial charge in [0.1, 0.15) is 11.6 Å². The number of fused-ring (bicyclic) bond motifs is 1. The zero-order valence-electron chi connectivity index (χ0n) is 10.1. The number of carbonyl (C=O) groups is 1. The van der Waals surface area contributed by atoms with Gasteiger partial charge in [0.05, 0.1) is 17.9 Å². The van der Waals surface area contributed by atoms with Gasteiger partial charge in [0.2, 0.25) is 5.91 Å². The van der Waals surface area contributed by atoms with Crippen LogP contribution in [0.5, 0.6) is 5.75 Å². The van der Waals surface area contributed by atoms with Gasteiger partial charge in [-0.1, -0.05) is 0 Å². The van der Waals surface area contributed by atoms with Crippen molar-refractivity contribution in [2.24, 2.45) is 0 Å². The predicted octanol–water partition coefficient (Wildman–Crippen LogP) is 2.34. The maximum absolute atomic E-state index is 13.7. The monoisotopic (exact) mass is 270 g/mol. The number of hydrogen-bond acceptors (Lipinski definition) is 3. The number of nitrogens with one attached hydrogen (secondary N) is 1. The first kappa shape index (κ1) is 12.9. The first-order valence-corrected chi connectivity index (χ1v) is 6.37. The molecule has 1 aromatic carbocycles. The molecule has 18 heavy (non-hydrogen) atoms. The summed E-state index contributed by atoms with van der Waals surface area (Å²) < 4.78 is 30.3. The SMILES string of the molecule is CC(=O)Nc1cc(F)c(C)c2c1C([S+]=O)CCO2. The van der Waals surface area contributed by atoms with Crippen molar-refractivity contribution in [1.82, 2.24) is 0 Å². The molecule has 0 radical (unpaired) electrons. The van der Waals surface area contributed by atoms with Crippen LogP contribution in [-0.4, -0.2) is 12.5 Å². The van der Waals surface area contributed by atoms with Crippen molar-refractivity contribution in [3.63, 3.8) is 0 Å². The molecule has 1 N–H and O–H groups in total. The maximum atomic E-state index is 13.7. The smallest absolute Gasteiger partial charge is 0.467 e. The second-order valence-corrected chi connectivity index (χ2v) is 4.94. The van der Waals surface area contributed by atoms with Crippen LogP contribution in [0.15, 0.2) is 6.07 Å². The molecular weight excluding hydrogens is 257 g/mol. The Labute approximate surface area is 108 Å². The van der Waals surface area contributed by atoms with Gasteiger partial charge in [-0.2, -0.15) is 0 Å². The van der Waals surface area contributed by atoms with Gasteiger partial charge in [-0.3, -0.25) is 4.79 Å². The van der Waals surface area contributed by atoms with Gasteiger partial charge in [0.25, 0.3) is 5.25 Å². The van der Waals surface area contributed by atoms with E-state index >= 15 is 0 Å². The van der Waals surface area contributed by atoms with Gasteiger partial charge in [-0.05, 0) is 13.0 Å². The average Bonchev–Trinajstić information content (AvgIpc) is 2.34. The molecule has 1 aliphatic heterocycles. The lowest BCUT2D eigenvalue weighted by atomic mass is 9.99. The van der Waals surface area contributed by atoms with Gasteiger partial charge in [0, 0.05) is 23.1 Å². The summed E-state index contributed by atoms with van der Waals surface area (Å²) >= 11 is 0.440. The number of hydrogen-bond donors (Lipinski definition) is 1. The van der Waals surface area contributed by atoms with Gasteiger partial charge < -0.3 is 10.1 Å². The molecule has 0 saturated heterocycles. The van der Waals surface area contributed by atoms with Crippen molar-refractivity contribution in [1.29, 1.82) is 0 Å². The highest BCUT2D eigenvalue weighted by molar-refractivity contribution is 7.65. The Balaban J connectivity index is 2.62. The summed E-state index contributed by atoms with van der Waals surface area (Å²) in [5.74, 6) is -0.368. The number of anilines is 1. The fourth-order valence-corrected chi connectivity index (χ4v) is 2.58. The lowest BCUT2D eigenvalue weighted by Gasteiger charge is -2.22. The first-order valence-electron chi connectivity index (χ1n) is 5.56. The molecule has 1 aliphatic rings. The first-order chi connectivity index (χ1) is 8.54. The van der Waals surface area contributed by atoms with Crippen LogP contribution in [0.3, 0.4) is 0 Å². The molecule has 1 heterocycles. The van der Waals surface area contributed by atoms with Crippen molar-refractivity contribution in [2.45, 2.75) is 25.5 Å². The van der Waals surface area contributed by atoms with Gasteiger partial charge in [0.15, 0.2) is 0 Å². The van der Waals surface area contributed by atoms with E-state index in [1.165, 1.54) is 13.0 Å². The third kappa shape index (κ3) is 2.20. The van der Waals surface area contributed by atoms with Crippen LogP contribution in [0.4, 0.5) is 10.1 Å². The number of halogens is 1. The van der Waals surface area contributed by atoms with Crippen LogP contribution in [-0.2, 0) is 20.7 Å². The molecule has 0 saturated carbocycles.